The molecule has 0 radical (unpaired) electrons. The molecule has 0 spiro atoms. The van der Waals surface area contributed by atoms with Gasteiger partial charge in [0.2, 0.25) is 0 Å². The maximum atomic E-state index is 13.4. The Labute approximate surface area is 132 Å². The lowest BCUT2D eigenvalue weighted by atomic mass is 10.0. The second-order valence-corrected chi connectivity index (χ2v) is 5.40. The fourth-order valence-electron chi connectivity index (χ4n) is 2.25. The van der Waals surface area contributed by atoms with E-state index in [1.165, 1.54) is 18.2 Å². The molecule has 0 bridgehead atoms. The van der Waals surface area contributed by atoms with E-state index in [2.05, 4.69) is 5.16 Å². The molecule has 116 valence electrons. The van der Waals surface area contributed by atoms with Crippen LogP contribution in [0.4, 0.5) is 4.39 Å². The Morgan fingerprint density at radius 1 is 1.22 bits per heavy atom. The highest BCUT2D eigenvalue weighted by Crippen LogP contribution is 2.29. The molecule has 0 amide bonds. The molecule has 2 aromatic carbocycles. The molecule has 1 aromatic heterocycles. The molecular weight excluding hydrogens is 295 g/mol. The molecule has 1 heterocycles. The van der Waals surface area contributed by atoms with Gasteiger partial charge in [0.25, 0.3) is 0 Å². The largest absolute Gasteiger partial charge is 0.383 e. The Morgan fingerprint density at radius 3 is 2.78 bits per heavy atom. The van der Waals surface area contributed by atoms with Crippen molar-refractivity contribution in [1.29, 1.82) is 0 Å². The number of ketones is 1. The van der Waals surface area contributed by atoms with E-state index in [0.717, 1.165) is 0 Å². The summed E-state index contributed by atoms with van der Waals surface area (Å²) in [5, 5.41) is 4.64. The van der Waals surface area contributed by atoms with E-state index >= 15 is 0 Å². The number of nitrogens with zero attached hydrogens (tertiary/aromatic N) is 2. The van der Waals surface area contributed by atoms with Crippen molar-refractivity contribution in [1.82, 2.24) is 10.1 Å². The molecule has 0 saturated carbocycles. The normalized spacial score (nSPS) is 11.3. The predicted molar refractivity (Wildman–Crippen MR) is 86.6 cm³/mol. The van der Waals surface area contributed by atoms with E-state index in [0.29, 0.717) is 27.8 Å². The average Bonchev–Trinajstić information content (AvgIpc) is 2.95. The van der Waals surface area contributed by atoms with Gasteiger partial charge >= 0.3 is 0 Å². The number of fused-ring (bicyclic) bond motifs is 1. The number of halogens is 1. The summed E-state index contributed by atoms with van der Waals surface area (Å²) in [5.74, 6) is -0.0223. The molecule has 0 N–H and O–H groups in total. The van der Waals surface area contributed by atoms with Gasteiger partial charge in [-0.2, -0.15) is 0 Å². The Bertz CT molecular complexity index is 897. The van der Waals surface area contributed by atoms with Crippen molar-refractivity contribution in [3.05, 3.63) is 66.1 Å². The Morgan fingerprint density at radius 2 is 2.04 bits per heavy atom. The van der Waals surface area contributed by atoms with Gasteiger partial charge in [-0.15, -0.1) is 0 Å². The lowest BCUT2D eigenvalue weighted by Crippen LogP contribution is -2.03. The quantitative estimate of drug-likeness (QED) is 0.542. The van der Waals surface area contributed by atoms with Crippen molar-refractivity contribution in [3.8, 4) is 11.3 Å². The van der Waals surface area contributed by atoms with Crippen LogP contribution in [0.1, 0.15) is 10.4 Å². The summed E-state index contributed by atoms with van der Waals surface area (Å²) in [7, 11) is 3.68. The van der Waals surface area contributed by atoms with E-state index < -0.39 is 0 Å². The van der Waals surface area contributed by atoms with Crippen molar-refractivity contribution in [2.75, 3.05) is 14.1 Å². The third-order valence-electron chi connectivity index (χ3n) is 3.37. The number of hydrogen-bond donors (Lipinski definition) is 0. The second-order valence-electron chi connectivity index (χ2n) is 5.40. The van der Waals surface area contributed by atoms with Gasteiger partial charge in [-0.3, -0.25) is 4.79 Å². The minimum Gasteiger partial charge on any atom is -0.383 e. The first kappa shape index (κ1) is 15.0. The molecule has 0 unspecified atom stereocenters. The lowest BCUT2D eigenvalue weighted by Gasteiger charge is -2.03. The number of carbonyl (C=O) groups is 1. The van der Waals surface area contributed by atoms with Crippen molar-refractivity contribution in [3.63, 3.8) is 0 Å². The highest BCUT2D eigenvalue weighted by atomic mass is 19.1. The van der Waals surface area contributed by atoms with Crippen LogP contribution in [0.25, 0.3) is 22.2 Å². The summed E-state index contributed by atoms with van der Waals surface area (Å²) in [6.07, 6.45) is 3.18. The van der Waals surface area contributed by atoms with Gasteiger partial charge in [-0.25, -0.2) is 4.39 Å². The fraction of sp³-hybridized carbons (Fsp3) is 0.111. The number of carbonyl (C=O) groups excluding carboxylic acids is 1. The molecule has 0 aliphatic carbocycles. The highest BCUT2D eigenvalue weighted by Gasteiger charge is 2.13. The maximum absolute atomic E-state index is 13.4. The smallest absolute Gasteiger partial charge is 0.187 e. The van der Waals surface area contributed by atoms with E-state index in [9.17, 15) is 9.18 Å². The summed E-state index contributed by atoms with van der Waals surface area (Å²) >= 11 is 0. The monoisotopic (exact) mass is 310 g/mol. The van der Waals surface area contributed by atoms with Crippen LogP contribution in [0, 0.1) is 5.82 Å². The molecule has 5 heteroatoms. The summed E-state index contributed by atoms with van der Waals surface area (Å²) < 4.78 is 18.7. The standard InChI is InChI=1S/C18H15FN2O2/c1-21(2)9-8-17(22)12-6-7-16-15(11-12)18(23-20-16)13-4-3-5-14(19)10-13/h3-11H,1-2H3/b9-8+. The Kier molecular flexibility index (Phi) is 3.93. The summed E-state index contributed by atoms with van der Waals surface area (Å²) in [6, 6.07) is 11.2. The van der Waals surface area contributed by atoms with Crippen LogP contribution in [0.3, 0.4) is 0 Å². The van der Waals surface area contributed by atoms with Crippen molar-refractivity contribution in [2.45, 2.75) is 0 Å². The van der Waals surface area contributed by atoms with Gasteiger partial charge in [-0.05, 0) is 30.3 Å². The SMILES string of the molecule is CN(C)/C=C/C(=O)c1ccc2noc(-c3cccc(F)c3)c2c1. The molecule has 0 saturated heterocycles. The Hall–Kier alpha value is -2.95. The molecule has 0 atom stereocenters. The number of hydrogen-bond acceptors (Lipinski definition) is 4. The third kappa shape index (κ3) is 3.13. The summed E-state index contributed by atoms with van der Waals surface area (Å²) in [4.78, 5) is 14.0. The first-order chi connectivity index (χ1) is 11.0. The zero-order valence-corrected chi connectivity index (χ0v) is 12.8. The van der Waals surface area contributed by atoms with Gasteiger partial charge in [-0.1, -0.05) is 17.3 Å². The van der Waals surface area contributed by atoms with E-state index in [-0.39, 0.29) is 11.6 Å². The molecule has 0 fully saturated rings. The number of rotatable bonds is 4. The minimum atomic E-state index is -0.354. The first-order valence-electron chi connectivity index (χ1n) is 7.09. The van der Waals surface area contributed by atoms with Crippen molar-refractivity contribution >= 4 is 16.7 Å². The highest BCUT2D eigenvalue weighted by molar-refractivity contribution is 6.07. The zero-order valence-electron chi connectivity index (χ0n) is 12.8. The molecular formula is C18H15FN2O2. The minimum absolute atomic E-state index is 0.119. The van der Waals surface area contributed by atoms with Gasteiger partial charge < -0.3 is 9.42 Å². The zero-order chi connectivity index (χ0) is 16.4. The predicted octanol–water partition coefficient (Wildman–Crippen LogP) is 3.89. The van der Waals surface area contributed by atoms with Crippen molar-refractivity contribution in [2.24, 2.45) is 0 Å². The molecule has 0 aliphatic heterocycles. The lowest BCUT2D eigenvalue weighted by molar-refractivity contribution is 0.104. The van der Waals surface area contributed by atoms with Crippen molar-refractivity contribution < 1.29 is 13.7 Å². The topological polar surface area (TPSA) is 46.3 Å². The first-order valence-corrected chi connectivity index (χ1v) is 7.09. The molecule has 4 nitrogen and oxygen atoms in total. The third-order valence-corrected chi connectivity index (χ3v) is 3.37. The van der Waals surface area contributed by atoms with Crippen LogP contribution in [0.15, 0.2) is 59.3 Å². The van der Waals surface area contributed by atoms with E-state index in [1.807, 2.05) is 14.1 Å². The van der Waals surface area contributed by atoms with Crippen LogP contribution >= 0.6 is 0 Å². The number of benzene rings is 2. The van der Waals surface area contributed by atoms with Crippen LogP contribution < -0.4 is 0 Å². The Balaban J connectivity index is 2.05. The molecule has 3 aromatic rings. The van der Waals surface area contributed by atoms with E-state index in [4.69, 9.17) is 4.52 Å². The molecule has 3 rings (SSSR count). The number of aromatic nitrogens is 1. The average molecular weight is 310 g/mol. The molecule has 23 heavy (non-hydrogen) atoms. The van der Waals surface area contributed by atoms with Gasteiger partial charge in [0.1, 0.15) is 11.3 Å². The summed E-state index contributed by atoms with van der Waals surface area (Å²) in [6.45, 7) is 0. The van der Waals surface area contributed by atoms with Crippen LogP contribution in [-0.4, -0.2) is 29.9 Å². The van der Waals surface area contributed by atoms with Crippen LogP contribution in [0.5, 0.6) is 0 Å². The van der Waals surface area contributed by atoms with Gasteiger partial charge in [0.15, 0.2) is 11.5 Å². The number of allylic oxidation sites excluding steroid dienone is 1. The molecule has 0 aliphatic rings. The van der Waals surface area contributed by atoms with Gasteiger partial charge in [0, 0.05) is 37.5 Å². The van der Waals surface area contributed by atoms with Crippen LogP contribution in [0.2, 0.25) is 0 Å². The summed E-state index contributed by atoms with van der Waals surface area (Å²) in [5.41, 5.74) is 1.73. The van der Waals surface area contributed by atoms with E-state index in [1.54, 1.807) is 41.4 Å². The van der Waals surface area contributed by atoms with Gasteiger partial charge in [0.05, 0.1) is 5.39 Å². The fourth-order valence-corrected chi connectivity index (χ4v) is 2.25. The maximum Gasteiger partial charge on any atom is 0.187 e. The second kappa shape index (κ2) is 6.04. The van der Waals surface area contributed by atoms with Crippen LogP contribution in [-0.2, 0) is 0 Å².